The van der Waals surface area contributed by atoms with Crippen molar-refractivity contribution in [3.8, 4) is 10.4 Å². The van der Waals surface area contributed by atoms with Crippen LogP contribution < -0.4 is 11.1 Å². The number of imidazole rings is 1. The average molecular weight is 345 g/mol. The number of rotatable bonds is 2. The minimum absolute atomic E-state index is 0.203. The first-order valence-electron chi connectivity index (χ1n) is 8.02. The van der Waals surface area contributed by atoms with Gasteiger partial charge < -0.3 is 5.73 Å². The van der Waals surface area contributed by atoms with Gasteiger partial charge in [0, 0.05) is 4.88 Å². The molecule has 0 spiro atoms. The first-order valence-corrected chi connectivity index (χ1v) is 8.84. The number of aromatic nitrogens is 2. The van der Waals surface area contributed by atoms with Crippen molar-refractivity contribution in [3.05, 3.63) is 71.6 Å². The van der Waals surface area contributed by atoms with Crippen molar-refractivity contribution in [1.82, 2.24) is 9.55 Å². The first kappa shape index (κ1) is 14.2. The number of anilines is 1. The predicted octanol–water partition coefficient (Wildman–Crippen LogP) is 4.05. The van der Waals surface area contributed by atoms with Crippen LogP contribution in [0.3, 0.4) is 0 Å². The van der Waals surface area contributed by atoms with E-state index in [-0.39, 0.29) is 6.17 Å². The molecule has 6 heteroatoms. The highest BCUT2D eigenvalue weighted by Crippen LogP contribution is 2.38. The van der Waals surface area contributed by atoms with Crippen LogP contribution in [0.4, 0.5) is 5.95 Å². The van der Waals surface area contributed by atoms with Gasteiger partial charge in [0.15, 0.2) is 12.1 Å². The van der Waals surface area contributed by atoms with Gasteiger partial charge in [-0.25, -0.2) is 9.98 Å². The van der Waals surface area contributed by atoms with Gasteiger partial charge in [-0.15, -0.1) is 11.3 Å². The average Bonchev–Trinajstić information content (AvgIpc) is 3.26. The number of nitrogens with zero attached hydrogens (tertiary/aromatic N) is 3. The zero-order valence-corrected chi connectivity index (χ0v) is 14.1. The minimum atomic E-state index is -0.203. The standard InChI is InChI=1S/C19H15N5S/c20-18-22-17(16-11-10-15(25-16)12-6-2-1-3-7-12)24-14-9-5-4-8-13(14)21-19(24)23-18/h1-11,17H,(H3,20,21,22,23)/t17-/m0/s1. The highest BCUT2D eigenvalue weighted by Gasteiger charge is 2.26. The Bertz CT molecular complexity index is 1090. The lowest BCUT2D eigenvalue weighted by molar-refractivity contribution is 0.637. The van der Waals surface area contributed by atoms with Crippen molar-refractivity contribution in [2.24, 2.45) is 10.7 Å². The van der Waals surface area contributed by atoms with E-state index in [0.29, 0.717) is 5.96 Å². The van der Waals surface area contributed by atoms with Crippen LogP contribution in [-0.4, -0.2) is 15.5 Å². The molecule has 0 fully saturated rings. The molecule has 4 aromatic rings. The van der Waals surface area contributed by atoms with E-state index in [1.54, 1.807) is 11.3 Å². The molecule has 1 atom stereocenters. The second kappa shape index (κ2) is 5.46. The Morgan fingerprint density at radius 1 is 0.960 bits per heavy atom. The largest absolute Gasteiger partial charge is 0.370 e. The Morgan fingerprint density at radius 3 is 2.64 bits per heavy atom. The van der Waals surface area contributed by atoms with Crippen molar-refractivity contribution < 1.29 is 0 Å². The SMILES string of the molecule is NC1=N[C@H](c2ccc(-c3ccccc3)s2)n2c(nc3ccccc32)N1. The van der Waals surface area contributed by atoms with E-state index in [1.165, 1.54) is 10.4 Å². The first-order chi connectivity index (χ1) is 12.3. The molecule has 2 aromatic heterocycles. The fraction of sp³-hybridized carbons (Fsp3) is 0.0526. The number of nitrogens with two attached hydrogens (primary N) is 1. The number of hydrogen-bond donors (Lipinski definition) is 2. The molecule has 0 amide bonds. The van der Waals surface area contributed by atoms with Gasteiger partial charge in [0.05, 0.1) is 15.9 Å². The lowest BCUT2D eigenvalue weighted by atomic mass is 10.2. The second-order valence-corrected chi connectivity index (χ2v) is 6.99. The van der Waals surface area contributed by atoms with Crippen molar-refractivity contribution in [3.63, 3.8) is 0 Å². The quantitative estimate of drug-likeness (QED) is 0.576. The monoisotopic (exact) mass is 345 g/mol. The van der Waals surface area contributed by atoms with E-state index in [1.807, 2.05) is 24.3 Å². The molecular weight excluding hydrogens is 330 g/mol. The topological polar surface area (TPSA) is 68.2 Å². The van der Waals surface area contributed by atoms with E-state index in [0.717, 1.165) is 21.9 Å². The normalized spacial score (nSPS) is 16.3. The van der Waals surface area contributed by atoms with Crippen LogP contribution >= 0.6 is 11.3 Å². The van der Waals surface area contributed by atoms with Gasteiger partial charge in [0.1, 0.15) is 0 Å². The summed E-state index contributed by atoms with van der Waals surface area (Å²) in [5.74, 6) is 1.12. The summed E-state index contributed by atoms with van der Waals surface area (Å²) in [5, 5.41) is 3.07. The summed E-state index contributed by atoms with van der Waals surface area (Å²) in [6.07, 6.45) is -0.203. The third kappa shape index (κ3) is 2.30. The van der Waals surface area contributed by atoms with E-state index >= 15 is 0 Å². The van der Waals surface area contributed by atoms with Crippen LogP contribution in [0.2, 0.25) is 0 Å². The van der Waals surface area contributed by atoms with Gasteiger partial charge in [0.2, 0.25) is 5.95 Å². The Balaban J connectivity index is 1.65. The molecule has 122 valence electrons. The molecule has 2 aromatic carbocycles. The third-order valence-electron chi connectivity index (χ3n) is 4.28. The maximum atomic E-state index is 6.01. The van der Waals surface area contributed by atoms with E-state index in [9.17, 15) is 0 Å². The number of para-hydroxylation sites is 2. The summed E-state index contributed by atoms with van der Waals surface area (Å²) in [6, 6.07) is 22.7. The molecule has 3 N–H and O–H groups in total. The smallest absolute Gasteiger partial charge is 0.212 e. The molecule has 25 heavy (non-hydrogen) atoms. The lowest BCUT2D eigenvalue weighted by Crippen LogP contribution is -2.31. The summed E-state index contributed by atoms with van der Waals surface area (Å²) >= 11 is 1.73. The highest BCUT2D eigenvalue weighted by molar-refractivity contribution is 7.15. The molecular formula is C19H15N5S. The lowest BCUT2D eigenvalue weighted by Gasteiger charge is -2.22. The van der Waals surface area contributed by atoms with E-state index < -0.39 is 0 Å². The van der Waals surface area contributed by atoms with Gasteiger partial charge in [-0.3, -0.25) is 9.88 Å². The number of aliphatic imine (C=N–C) groups is 1. The predicted molar refractivity (Wildman–Crippen MR) is 103 cm³/mol. The van der Waals surface area contributed by atoms with Gasteiger partial charge in [-0.1, -0.05) is 42.5 Å². The van der Waals surface area contributed by atoms with Crippen LogP contribution in [0.15, 0.2) is 71.7 Å². The van der Waals surface area contributed by atoms with Crippen LogP contribution in [0.25, 0.3) is 21.5 Å². The number of fused-ring (bicyclic) bond motifs is 3. The molecule has 1 aliphatic rings. The van der Waals surface area contributed by atoms with Crippen LogP contribution in [0.5, 0.6) is 0 Å². The second-order valence-electron chi connectivity index (χ2n) is 5.88. The summed E-state index contributed by atoms with van der Waals surface area (Å²) in [4.78, 5) is 11.6. The molecule has 0 unspecified atom stereocenters. The maximum absolute atomic E-state index is 6.01. The Kier molecular flexibility index (Phi) is 3.11. The van der Waals surface area contributed by atoms with Crippen molar-refractivity contribution in [1.29, 1.82) is 0 Å². The molecule has 0 aliphatic carbocycles. The molecule has 0 saturated heterocycles. The van der Waals surface area contributed by atoms with Gasteiger partial charge >= 0.3 is 0 Å². The van der Waals surface area contributed by atoms with Crippen molar-refractivity contribution in [2.75, 3.05) is 5.32 Å². The Hall–Kier alpha value is -3.12. The molecule has 5 rings (SSSR count). The van der Waals surface area contributed by atoms with Crippen LogP contribution in [0, 0.1) is 0 Å². The summed E-state index contributed by atoms with van der Waals surface area (Å²) in [6.45, 7) is 0. The number of guanidine groups is 1. The third-order valence-corrected chi connectivity index (χ3v) is 5.46. The number of hydrogen-bond acceptors (Lipinski definition) is 5. The zero-order chi connectivity index (χ0) is 16.8. The van der Waals surface area contributed by atoms with Crippen molar-refractivity contribution in [2.45, 2.75) is 6.17 Å². The Labute approximate surface area is 148 Å². The number of nitrogens with one attached hydrogen (secondary N) is 1. The fourth-order valence-corrected chi connectivity index (χ4v) is 4.20. The van der Waals surface area contributed by atoms with E-state index in [4.69, 9.17) is 5.73 Å². The van der Waals surface area contributed by atoms with E-state index in [2.05, 4.69) is 62.3 Å². The molecule has 0 radical (unpaired) electrons. The molecule has 5 nitrogen and oxygen atoms in total. The van der Waals surface area contributed by atoms with Gasteiger partial charge in [-0.05, 0) is 29.8 Å². The number of benzene rings is 2. The number of thiophene rings is 1. The maximum Gasteiger partial charge on any atom is 0.212 e. The Morgan fingerprint density at radius 2 is 1.76 bits per heavy atom. The summed E-state index contributed by atoms with van der Waals surface area (Å²) < 4.78 is 2.10. The van der Waals surface area contributed by atoms with Crippen LogP contribution in [-0.2, 0) is 0 Å². The van der Waals surface area contributed by atoms with Gasteiger partial charge in [-0.2, -0.15) is 0 Å². The fourth-order valence-electron chi connectivity index (χ4n) is 3.16. The minimum Gasteiger partial charge on any atom is -0.370 e. The summed E-state index contributed by atoms with van der Waals surface area (Å²) in [5.41, 5.74) is 9.19. The zero-order valence-electron chi connectivity index (χ0n) is 13.3. The van der Waals surface area contributed by atoms with Crippen LogP contribution in [0.1, 0.15) is 11.0 Å². The highest BCUT2D eigenvalue weighted by atomic mass is 32.1. The summed E-state index contributed by atoms with van der Waals surface area (Å²) in [7, 11) is 0. The molecule has 1 aliphatic heterocycles. The molecule has 0 bridgehead atoms. The van der Waals surface area contributed by atoms with Crippen molar-refractivity contribution >= 4 is 34.3 Å². The van der Waals surface area contributed by atoms with Gasteiger partial charge in [0.25, 0.3) is 0 Å². The molecule has 0 saturated carbocycles. The molecule has 3 heterocycles.